The van der Waals surface area contributed by atoms with Gasteiger partial charge >= 0.3 is 6.18 Å². The maximum Gasteiger partial charge on any atom is 0.420 e. The largest absolute Gasteiger partial charge is 0.457 e. The van der Waals surface area contributed by atoms with Gasteiger partial charge in [-0.25, -0.2) is 17.6 Å². The first-order valence-corrected chi connectivity index (χ1v) is 8.15. The van der Waals surface area contributed by atoms with Crippen molar-refractivity contribution in [2.45, 2.75) is 6.18 Å². The van der Waals surface area contributed by atoms with Gasteiger partial charge in [0.25, 0.3) is 5.91 Å². The van der Waals surface area contributed by atoms with Crippen molar-refractivity contribution in [3.8, 4) is 11.5 Å². The van der Waals surface area contributed by atoms with E-state index in [1.165, 1.54) is 24.3 Å². The molecular formula is C20H10F7NO2. The summed E-state index contributed by atoms with van der Waals surface area (Å²) >= 11 is 0. The number of hydrogen-bond acceptors (Lipinski definition) is 2. The zero-order valence-corrected chi connectivity index (χ0v) is 14.7. The number of ether oxygens (including phenoxy) is 1. The van der Waals surface area contributed by atoms with Gasteiger partial charge in [-0.05, 0) is 42.5 Å². The Morgan fingerprint density at radius 3 is 1.97 bits per heavy atom. The van der Waals surface area contributed by atoms with Crippen LogP contribution >= 0.6 is 0 Å². The smallest absolute Gasteiger partial charge is 0.420 e. The van der Waals surface area contributed by atoms with Crippen molar-refractivity contribution in [3.63, 3.8) is 0 Å². The summed E-state index contributed by atoms with van der Waals surface area (Å²) in [6, 6.07) is 7.33. The van der Waals surface area contributed by atoms with E-state index in [2.05, 4.69) is 5.32 Å². The number of carbonyl (C=O) groups excluding carboxylic acids is 1. The minimum absolute atomic E-state index is 0.0330. The minimum atomic E-state index is -4.85. The van der Waals surface area contributed by atoms with Gasteiger partial charge in [0.05, 0.1) is 0 Å². The van der Waals surface area contributed by atoms with E-state index >= 15 is 0 Å². The van der Waals surface area contributed by atoms with Crippen LogP contribution in [0.25, 0.3) is 0 Å². The molecule has 0 spiro atoms. The fraction of sp³-hybridized carbons (Fsp3) is 0.0500. The molecule has 1 amide bonds. The van der Waals surface area contributed by atoms with Gasteiger partial charge in [0.2, 0.25) is 0 Å². The number of halogens is 7. The summed E-state index contributed by atoms with van der Waals surface area (Å²) in [7, 11) is 0. The average Bonchev–Trinajstić information content (AvgIpc) is 2.63. The first-order chi connectivity index (χ1) is 14.0. The summed E-state index contributed by atoms with van der Waals surface area (Å²) in [6.07, 6.45) is -4.85. The first-order valence-electron chi connectivity index (χ1n) is 8.15. The van der Waals surface area contributed by atoms with E-state index < -0.39 is 52.2 Å². The quantitative estimate of drug-likeness (QED) is 0.494. The number of nitrogens with one attached hydrogen (secondary N) is 1. The summed E-state index contributed by atoms with van der Waals surface area (Å²) in [5, 5.41) is 2.17. The molecule has 0 unspecified atom stereocenters. The number of alkyl halides is 3. The third-order valence-corrected chi connectivity index (χ3v) is 3.82. The van der Waals surface area contributed by atoms with Crippen LogP contribution in [0.2, 0.25) is 0 Å². The third-order valence-electron chi connectivity index (χ3n) is 3.82. The van der Waals surface area contributed by atoms with Crippen molar-refractivity contribution in [1.82, 2.24) is 0 Å². The zero-order valence-electron chi connectivity index (χ0n) is 14.7. The molecule has 0 aromatic heterocycles. The van der Waals surface area contributed by atoms with Crippen molar-refractivity contribution in [2.24, 2.45) is 0 Å². The molecule has 0 radical (unpaired) electrons. The van der Waals surface area contributed by atoms with Gasteiger partial charge in [-0.15, -0.1) is 0 Å². The van der Waals surface area contributed by atoms with E-state index in [0.29, 0.717) is 12.1 Å². The second-order valence-corrected chi connectivity index (χ2v) is 5.96. The Hall–Kier alpha value is -3.56. The van der Waals surface area contributed by atoms with Crippen LogP contribution in [-0.2, 0) is 6.18 Å². The number of rotatable bonds is 4. The highest BCUT2D eigenvalue weighted by atomic mass is 19.4. The second kappa shape index (κ2) is 8.05. The van der Waals surface area contributed by atoms with Crippen LogP contribution in [0, 0.1) is 23.3 Å². The van der Waals surface area contributed by atoms with Crippen LogP contribution in [-0.4, -0.2) is 5.91 Å². The van der Waals surface area contributed by atoms with Crippen molar-refractivity contribution < 1.29 is 40.3 Å². The lowest BCUT2D eigenvalue weighted by molar-refractivity contribution is -0.138. The standard InChI is InChI=1S/C20H10F7NO2/c21-10-1-6-17(14(7-10)20(25,26)27)30-13-4-2-12(3-5-13)28-19(29)18-15(23)8-11(22)9-16(18)24/h1-9H,(H,28,29). The highest BCUT2D eigenvalue weighted by Crippen LogP contribution is 2.38. The Morgan fingerprint density at radius 2 is 1.40 bits per heavy atom. The van der Waals surface area contributed by atoms with E-state index in [1.807, 2.05) is 0 Å². The summed E-state index contributed by atoms with van der Waals surface area (Å²) in [4.78, 5) is 12.0. The highest BCUT2D eigenvalue weighted by molar-refractivity contribution is 6.04. The van der Waals surface area contributed by atoms with E-state index in [1.54, 1.807) is 0 Å². The molecule has 0 saturated heterocycles. The predicted molar refractivity (Wildman–Crippen MR) is 92.2 cm³/mol. The van der Waals surface area contributed by atoms with E-state index in [-0.39, 0.29) is 17.5 Å². The van der Waals surface area contributed by atoms with Crippen LogP contribution in [0.15, 0.2) is 54.6 Å². The number of amides is 1. The second-order valence-electron chi connectivity index (χ2n) is 5.96. The maximum atomic E-state index is 13.7. The number of anilines is 1. The van der Waals surface area contributed by atoms with Crippen molar-refractivity contribution >= 4 is 11.6 Å². The number of hydrogen-bond donors (Lipinski definition) is 1. The Labute approximate surface area is 164 Å². The lowest BCUT2D eigenvalue weighted by Gasteiger charge is -2.14. The Balaban J connectivity index is 1.78. The molecule has 3 aromatic rings. The topological polar surface area (TPSA) is 38.3 Å². The Bertz CT molecular complexity index is 1070. The van der Waals surface area contributed by atoms with Crippen LogP contribution in [0.1, 0.15) is 15.9 Å². The number of carbonyl (C=O) groups is 1. The van der Waals surface area contributed by atoms with Crippen molar-refractivity contribution in [1.29, 1.82) is 0 Å². The van der Waals surface area contributed by atoms with Crippen LogP contribution < -0.4 is 10.1 Å². The lowest BCUT2D eigenvalue weighted by Crippen LogP contribution is -2.16. The van der Waals surface area contributed by atoms with Crippen molar-refractivity contribution in [3.05, 3.63) is 89.0 Å². The lowest BCUT2D eigenvalue weighted by atomic mass is 10.1. The summed E-state index contributed by atoms with van der Waals surface area (Å²) in [6.45, 7) is 0. The first kappa shape index (κ1) is 21.2. The molecule has 0 fully saturated rings. The monoisotopic (exact) mass is 429 g/mol. The average molecular weight is 429 g/mol. The molecule has 10 heteroatoms. The predicted octanol–water partition coefficient (Wildman–Crippen LogP) is 6.31. The SMILES string of the molecule is O=C(Nc1ccc(Oc2ccc(F)cc2C(F)(F)F)cc1)c1c(F)cc(F)cc1F. The molecule has 0 aliphatic heterocycles. The molecule has 0 aliphatic rings. The molecule has 0 heterocycles. The van der Waals surface area contributed by atoms with E-state index in [9.17, 15) is 35.5 Å². The summed E-state index contributed by atoms with van der Waals surface area (Å²) < 4.78 is 97.5. The molecule has 156 valence electrons. The van der Waals surface area contributed by atoms with Gasteiger partial charge in [0.15, 0.2) is 0 Å². The zero-order chi connectivity index (χ0) is 22.1. The molecule has 1 N–H and O–H groups in total. The van der Waals surface area contributed by atoms with Gasteiger partial charge in [0.1, 0.15) is 45.9 Å². The highest BCUT2D eigenvalue weighted by Gasteiger charge is 2.35. The van der Waals surface area contributed by atoms with Crippen molar-refractivity contribution in [2.75, 3.05) is 5.32 Å². The van der Waals surface area contributed by atoms with Gasteiger partial charge in [0, 0.05) is 17.8 Å². The fourth-order valence-electron chi connectivity index (χ4n) is 2.50. The van der Waals surface area contributed by atoms with Crippen LogP contribution in [0.5, 0.6) is 11.5 Å². The van der Waals surface area contributed by atoms with Crippen LogP contribution in [0.4, 0.5) is 36.4 Å². The molecule has 0 saturated carbocycles. The molecule has 0 atom stereocenters. The van der Waals surface area contributed by atoms with E-state index in [4.69, 9.17) is 4.74 Å². The molecule has 30 heavy (non-hydrogen) atoms. The fourth-order valence-corrected chi connectivity index (χ4v) is 2.50. The number of benzene rings is 3. The third kappa shape index (κ3) is 4.70. The minimum Gasteiger partial charge on any atom is -0.457 e. The van der Waals surface area contributed by atoms with Gasteiger partial charge in [-0.2, -0.15) is 13.2 Å². The van der Waals surface area contributed by atoms with Crippen LogP contribution in [0.3, 0.4) is 0 Å². The van der Waals surface area contributed by atoms with E-state index in [0.717, 1.165) is 12.1 Å². The molecular weight excluding hydrogens is 419 g/mol. The summed E-state index contributed by atoms with van der Waals surface area (Å²) in [5.41, 5.74) is -2.29. The van der Waals surface area contributed by atoms with Gasteiger partial charge in [-0.3, -0.25) is 4.79 Å². The normalized spacial score (nSPS) is 11.3. The molecule has 3 nitrogen and oxygen atoms in total. The van der Waals surface area contributed by atoms with Gasteiger partial charge in [-0.1, -0.05) is 0 Å². The molecule has 0 aliphatic carbocycles. The maximum absolute atomic E-state index is 13.7. The molecule has 0 bridgehead atoms. The Morgan fingerprint density at radius 1 is 0.800 bits per heavy atom. The summed E-state index contributed by atoms with van der Waals surface area (Å²) in [5.74, 6) is -7.01. The molecule has 3 aromatic carbocycles. The van der Waals surface area contributed by atoms with Gasteiger partial charge < -0.3 is 10.1 Å². The Kier molecular flexibility index (Phi) is 5.68. The molecule has 3 rings (SSSR count).